The van der Waals surface area contributed by atoms with Crippen molar-refractivity contribution in [2.75, 3.05) is 6.54 Å². The summed E-state index contributed by atoms with van der Waals surface area (Å²) in [6.45, 7) is -0.0683. The number of aliphatic carboxylic acids is 1. The van der Waals surface area contributed by atoms with Crippen LogP contribution in [0.15, 0.2) is 0 Å². The van der Waals surface area contributed by atoms with Gasteiger partial charge in [-0.2, -0.15) is 13.2 Å². The molecule has 0 aromatic carbocycles. The van der Waals surface area contributed by atoms with E-state index >= 15 is 0 Å². The lowest BCUT2D eigenvalue weighted by Crippen LogP contribution is -2.36. The zero-order valence-corrected chi connectivity index (χ0v) is 9.79. The van der Waals surface area contributed by atoms with Crippen molar-refractivity contribution in [2.24, 2.45) is 11.8 Å². The monoisotopic (exact) mass is 267 g/mol. The highest BCUT2D eigenvalue weighted by Gasteiger charge is 2.37. The van der Waals surface area contributed by atoms with Crippen LogP contribution in [0.5, 0.6) is 0 Å². The third kappa shape index (κ3) is 4.54. The number of amides is 1. The number of hydrogen-bond acceptors (Lipinski definition) is 2. The van der Waals surface area contributed by atoms with Crippen LogP contribution in [0.25, 0.3) is 0 Å². The molecule has 1 aliphatic carbocycles. The van der Waals surface area contributed by atoms with Gasteiger partial charge in [0.15, 0.2) is 0 Å². The van der Waals surface area contributed by atoms with Crippen LogP contribution in [0.1, 0.15) is 32.1 Å². The number of hydrogen-bond donors (Lipinski definition) is 2. The molecule has 2 unspecified atom stereocenters. The molecule has 1 fully saturated rings. The maximum absolute atomic E-state index is 11.9. The summed E-state index contributed by atoms with van der Waals surface area (Å²) in [5.41, 5.74) is 0. The molecule has 0 aromatic rings. The average Bonchev–Trinajstić information content (AvgIpc) is 2.71. The minimum Gasteiger partial charge on any atom is -0.481 e. The van der Waals surface area contributed by atoms with Crippen LogP contribution < -0.4 is 5.32 Å². The first-order valence-electron chi connectivity index (χ1n) is 5.88. The summed E-state index contributed by atoms with van der Waals surface area (Å²) in [5.74, 6) is -2.76. The molecule has 1 aliphatic rings. The van der Waals surface area contributed by atoms with E-state index in [1.807, 2.05) is 0 Å². The number of rotatable bonds is 5. The Labute approximate surface area is 103 Å². The zero-order chi connectivity index (χ0) is 13.8. The number of carboxylic acid groups (broad SMARTS) is 1. The average molecular weight is 267 g/mol. The lowest BCUT2D eigenvalue weighted by molar-refractivity contribution is -0.146. The Morgan fingerprint density at radius 1 is 1.22 bits per heavy atom. The fraction of sp³-hybridized carbons (Fsp3) is 0.818. The van der Waals surface area contributed by atoms with Gasteiger partial charge < -0.3 is 10.4 Å². The molecule has 7 heteroatoms. The molecule has 18 heavy (non-hydrogen) atoms. The molecule has 0 aromatic heterocycles. The first-order valence-corrected chi connectivity index (χ1v) is 5.88. The highest BCUT2D eigenvalue weighted by Crippen LogP contribution is 2.32. The van der Waals surface area contributed by atoms with Gasteiger partial charge in [-0.05, 0) is 19.3 Å². The highest BCUT2D eigenvalue weighted by atomic mass is 19.4. The maximum Gasteiger partial charge on any atom is 0.389 e. The van der Waals surface area contributed by atoms with Crippen LogP contribution in [0.3, 0.4) is 0 Å². The van der Waals surface area contributed by atoms with Gasteiger partial charge in [0, 0.05) is 13.0 Å². The third-order valence-electron chi connectivity index (χ3n) is 3.11. The first-order chi connectivity index (χ1) is 8.31. The second-order valence-corrected chi connectivity index (χ2v) is 4.49. The Morgan fingerprint density at radius 2 is 1.83 bits per heavy atom. The second kappa shape index (κ2) is 6.06. The summed E-state index contributed by atoms with van der Waals surface area (Å²) >= 11 is 0. The van der Waals surface area contributed by atoms with Gasteiger partial charge in [0.05, 0.1) is 11.8 Å². The van der Waals surface area contributed by atoms with Crippen molar-refractivity contribution in [1.82, 2.24) is 5.32 Å². The quantitative estimate of drug-likeness (QED) is 0.748. The number of carbonyl (C=O) groups is 2. The number of alkyl halides is 3. The second-order valence-electron chi connectivity index (χ2n) is 4.49. The number of carbonyl (C=O) groups excluding carboxylic acids is 1. The fourth-order valence-electron chi connectivity index (χ4n) is 2.20. The SMILES string of the molecule is O=C(O)C1CCCC1C(=O)NCCCC(F)(F)F. The normalized spacial score (nSPS) is 23.9. The van der Waals surface area contributed by atoms with E-state index in [0.717, 1.165) is 0 Å². The summed E-state index contributed by atoms with van der Waals surface area (Å²) in [7, 11) is 0. The molecule has 2 atom stereocenters. The van der Waals surface area contributed by atoms with Crippen molar-refractivity contribution in [1.29, 1.82) is 0 Å². The molecule has 1 saturated carbocycles. The lowest BCUT2D eigenvalue weighted by atomic mass is 9.95. The van der Waals surface area contributed by atoms with E-state index in [0.29, 0.717) is 19.3 Å². The van der Waals surface area contributed by atoms with Crippen molar-refractivity contribution in [3.8, 4) is 0 Å². The molecule has 1 amide bonds. The highest BCUT2D eigenvalue weighted by molar-refractivity contribution is 5.85. The van der Waals surface area contributed by atoms with Gasteiger partial charge in [0.25, 0.3) is 0 Å². The Kier molecular flexibility index (Phi) is 4.98. The van der Waals surface area contributed by atoms with Crippen LogP contribution in [0.2, 0.25) is 0 Å². The molecule has 0 saturated heterocycles. The summed E-state index contributed by atoms with van der Waals surface area (Å²) < 4.78 is 35.6. The Morgan fingerprint density at radius 3 is 2.39 bits per heavy atom. The van der Waals surface area contributed by atoms with Crippen molar-refractivity contribution >= 4 is 11.9 Å². The smallest absolute Gasteiger partial charge is 0.389 e. The summed E-state index contributed by atoms with van der Waals surface area (Å²) in [6, 6.07) is 0. The van der Waals surface area contributed by atoms with E-state index in [4.69, 9.17) is 5.11 Å². The summed E-state index contributed by atoms with van der Waals surface area (Å²) in [6.07, 6.45) is -3.74. The van der Waals surface area contributed by atoms with Gasteiger partial charge >= 0.3 is 12.1 Å². The van der Waals surface area contributed by atoms with E-state index in [1.54, 1.807) is 0 Å². The molecule has 1 rings (SSSR count). The van der Waals surface area contributed by atoms with Crippen molar-refractivity contribution < 1.29 is 27.9 Å². The Hall–Kier alpha value is -1.27. The molecular weight excluding hydrogens is 251 g/mol. The first kappa shape index (κ1) is 14.8. The van der Waals surface area contributed by atoms with Gasteiger partial charge in [0.1, 0.15) is 0 Å². The molecule has 0 spiro atoms. The minimum atomic E-state index is -4.22. The molecule has 2 N–H and O–H groups in total. The standard InChI is InChI=1S/C11H16F3NO3/c12-11(13,14)5-2-6-15-9(16)7-3-1-4-8(7)10(17)18/h7-8H,1-6H2,(H,15,16)(H,17,18). The molecule has 0 bridgehead atoms. The number of carboxylic acids is 1. The van der Waals surface area contributed by atoms with E-state index in [-0.39, 0.29) is 13.0 Å². The van der Waals surface area contributed by atoms with E-state index in [1.165, 1.54) is 0 Å². The van der Waals surface area contributed by atoms with Crippen LogP contribution in [-0.2, 0) is 9.59 Å². The number of halogens is 3. The number of nitrogens with one attached hydrogen (secondary N) is 1. The van der Waals surface area contributed by atoms with Gasteiger partial charge in [0.2, 0.25) is 5.91 Å². The van der Waals surface area contributed by atoms with E-state index in [9.17, 15) is 22.8 Å². The fourth-order valence-corrected chi connectivity index (χ4v) is 2.20. The topological polar surface area (TPSA) is 66.4 Å². The molecule has 0 heterocycles. The third-order valence-corrected chi connectivity index (χ3v) is 3.11. The predicted molar refractivity (Wildman–Crippen MR) is 56.8 cm³/mol. The van der Waals surface area contributed by atoms with Crippen molar-refractivity contribution in [3.05, 3.63) is 0 Å². The van der Waals surface area contributed by atoms with Crippen molar-refractivity contribution in [3.63, 3.8) is 0 Å². The van der Waals surface area contributed by atoms with Gasteiger partial charge in [-0.3, -0.25) is 9.59 Å². The van der Waals surface area contributed by atoms with Gasteiger partial charge in [-0.1, -0.05) is 6.42 Å². The Balaban J connectivity index is 2.30. The van der Waals surface area contributed by atoms with Crippen LogP contribution in [0, 0.1) is 11.8 Å². The summed E-state index contributed by atoms with van der Waals surface area (Å²) in [4.78, 5) is 22.5. The van der Waals surface area contributed by atoms with Crippen LogP contribution in [-0.4, -0.2) is 29.7 Å². The van der Waals surface area contributed by atoms with E-state index in [2.05, 4.69) is 5.32 Å². The van der Waals surface area contributed by atoms with Gasteiger partial charge in [-0.25, -0.2) is 0 Å². The lowest BCUT2D eigenvalue weighted by Gasteiger charge is -2.15. The molecule has 0 aliphatic heterocycles. The molecule has 0 radical (unpaired) electrons. The van der Waals surface area contributed by atoms with Gasteiger partial charge in [-0.15, -0.1) is 0 Å². The van der Waals surface area contributed by atoms with Crippen LogP contribution >= 0.6 is 0 Å². The Bertz CT molecular complexity index is 317. The molecule has 4 nitrogen and oxygen atoms in total. The largest absolute Gasteiger partial charge is 0.481 e. The predicted octanol–water partition coefficient (Wildman–Crippen LogP) is 1.95. The molecule has 104 valence electrons. The maximum atomic E-state index is 11.9. The zero-order valence-electron chi connectivity index (χ0n) is 9.79. The minimum absolute atomic E-state index is 0.0683. The van der Waals surface area contributed by atoms with E-state index < -0.39 is 36.3 Å². The van der Waals surface area contributed by atoms with Crippen molar-refractivity contribution in [2.45, 2.75) is 38.3 Å². The van der Waals surface area contributed by atoms with Crippen LogP contribution in [0.4, 0.5) is 13.2 Å². The molecular formula is C11H16F3NO3. The summed E-state index contributed by atoms with van der Waals surface area (Å²) in [5, 5.41) is 11.3.